The zero-order valence-electron chi connectivity index (χ0n) is 10.7. The van der Waals surface area contributed by atoms with Gasteiger partial charge in [0, 0.05) is 30.9 Å². The molecule has 1 aromatic rings. The van der Waals surface area contributed by atoms with Gasteiger partial charge in [0.15, 0.2) is 18.0 Å². The number of ether oxygens (including phenoxy) is 1. The minimum absolute atomic E-state index is 0.622. The highest BCUT2D eigenvalue weighted by Crippen LogP contribution is 2.37. The lowest BCUT2D eigenvalue weighted by molar-refractivity contribution is -0.686. The molecule has 90 valence electrons. The van der Waals surface area contributed by atoms with Crippen molar-refractivity contribution in [2.45, 2.75) is 25.8 Å². The Hall–Kier alpha value is -1.51. The van der Waals surface area contributed by atoms with Crippen molar-refractivity contribution in [3.63, 3.8) is 0 Å². The molecule has 3 heteroatoms. The molecule has 0 bridgehead atoms. The van der Waals surface area contributed by atoms with Gasteiger partial charge in [0.05, 0.1) is 13.0 Å². The normalized spacial score (nSPS) is 22.5. The molecule has 17 heavy (non-hydrogen) atoms. The van der Waals surface area contributed by atoms with Crippen LogP contribution in [-0.4, -0.2) is 25.6 Å². The SMILES string of the molecule is COc1ccc2[n+](c1)CC1=C(C)N(C)CCC12. The summed E-state index contributed by atoms with van der Waals surface area (Å²) in [4.78, 5) is 2.37. The number of methoxy groups -OCH3 is 1. The van der Waals surface area contributed by atoms with Gasteiger partial charge < -0.3 is 9.64 Å². The molecule has 3 heterocycles. The van der Waals surface area contributed by atoms with Crippen LogP contribution in [0.5, 0.6) is 5.75 Å². The molecule has 0 aliphatic carbocycles. The van der Waals surface area contributed by atoms with E-state index in [0.717, 1.165) is 18.8 Å². The van der Waals surface area contributed by atoms with E-state index in [9.17, 15) is 0 Å². The average Bonchev–Trinajstić information content (AvgIpc) is 2.72. The number of allylic oxidation sites excluding steroid dienone is 2. The Labute approximate surface area is 102 Å². The van der Waals surface area contributed by atoms with Crippen molar-refractivity contribution in [2.75, 3.05) is 20.7 Å². The highest BCUT2D eigenvalue weighted by atomic mass is 16.5. The number of nitrogens with zero attached hydrogens (tertiary/aromatic N) is 2. The number of hydrogen-bond acceptors (Lipinski definition) is 2. The van der Waals surface area contributed by atoms with Crippen LogP contribution in [0.25, 0.3) is 0 Å². The van der Waals surface area contributed by atoms with Crippen LogP contribution in [0.3, 0.4) is 0 Å². The van der Waals surface area contributed by atoms with Crippen LogP contribution < -0.4 is 9.30 Å². The Morgan fingerprint density at radius 1 is 1.41 bits per heavy atom. The smallest absolute Gasteiger partial charge is 0.211 e. The lowest BCUT2D eigenvalue weighted by atomic mass is 9.90. The molecule has 0 radical (unpaired) electrons. The minimum Gasteiger partial charge on any atom is -0.491 e. The second kappa shape index (κ2) is 3.76. The molecule has 0 spiro atoms. The Bertz CT molecular complexity index is 493. The summed E-state index contributed by atoms with van der Waals surface area (Å²) in [6.45, 7) is 4.42. The fourth-order valence-corrected chi connectivity index (χ4v) is 3.00. The lowest BCUT2D eigenvalue weighted by Crippen LogP contribution is -2.32. The van der Waals surface area contributed by atoms with Crippen molar-refractivity contribution in [1.82, 2.24) is 4.90 Å². The number of fused-ring (bicyclic) bond motifs is 3. The Balaban J connectivity index is 2.06. The van der Waals surface area contributed by atoms with Crippen LogP contribution >= 0.6 is 0 Å². The fraction of sp³-hybridized carbons (Fsp3) is 0.500. The number of pyridine rings is 1. The molecule has 3 nitrogen and oxygen atoms in total. The molecule has 2 aliphatic rings. The van der Waals surface area contributed by atoms with Gasteiger partial charge in [0.1, 0.15) is 0 Å². The maximum Gasteiger partial charge on any atom is 0.211 e. The van der Waals surface area contributed by atoms with Gasteiger partial charge in [0.2, 0.25) is 6.20 Å². The zero-order valence-corrected chi connectivity index (χ0v) is 10.7. The minimum atomic E-state index is 0.622. The van der Waals surface area contributed by atoms with Gasteiger partial charge in [-0.3, -0.25) is 0 Å². The first kappa shape index (κ1) is 10.6. The van der Waals surface area contributed by atoms with E-state index in [1.807, 2.05) is 0 Å². The third-order valence-electron chi connectivity index (χ3n) is 4.18. The van der Waals surface area contributed by atoms with Crippen molar-refractivity contribution < 1.29 is 9.30 Å². The van der Waals surface area contributed by atoms with Crippen LogP contribution in [0, 0.1) is 0 Å². The molecule has 0 saturated heterocycles. The number of hydrogen-bond donors (Lipinski definition) is 0. The largest absolute Gasteiger partial charge is 0.491 e. The van der Waals surface area contributed by atoms with Crippen LogP contribution in [-0.2, 0) is 6.54 Å². The Kier molecular flexibility index (Phi) is 2.35. The molecule has 1 unspecified atom stereocenters. The van der Waals surface area contributed by atoms with E-state index in [4.69, 9.17) is 4.74 Å². The van der Waals surface area contributed by atoms with Crippen LogP contribution in [0.15, 0.2) is 29.6 Å². The predicted octanol–water partition coefficient (Wildman–Crippen LogP) is 1.69. The summed E-state index contributed by atoms with van der Waals surface area (Å²) < 4.78 is 7.63. The van der Waals surface area contributed by atoms with E-state index in [1.165, 1.54) is 17.8 Å². The van der Waals surface area contributed by atoms with Gasteiger partial charge in [-0.1, -0.05) is 0 Å². The van der Waals surface area contributed by atoms with E-state index < -0.39 is 0 Å². The van der Waals surface area contributed by atoms with Gasteiger partial charge in [-0.25, -0.2) is 0 Å². The fourth-order valence-electron chi connectivity index (χ4n) is 3.00. The third-order valence-corrected chi connectivity index (χ3v) is 4.18. The lowest BCUT2D eigenvalue weighted by Gasteiger charge is -2.28. The van der Waals surface area contributed by atoms with Crippen LogP contribution in [0.2, 0.25) is 0 Å². The summed E-state index contributed by atoms with van der Waals surface area (Å²) in [5.74, 6) is 1.57. The molecule has 1 aromatic heterocycles. The Morgan fingerprint density at radius 3 is 3.00 bits per heavy atom. The molecule has 0 N–H and O–H groups in total. The average molecular weight is 231 g/mol. The summed E-state index contributed by atoms with van der Waals surface area (Å²) in [5.41, 5.74) is 4.46. The number of rotatable bonds is 1. The third kappa shape index (κ3) is 1.53. The summed E-state index contributed by atoms with van der Waals surface area (Å²) >= 11 is 0. The molecular formula is C14H19N2O+. The van der Waals surface area contributed by atoms with Gasteiger partial charge in [0.25, 0.3) is 0 Å². The molecule has 2 aliphatic heterocycles. The van der Waals surface area contributed by atoms with Crippen molar-refractivity contribution in [3.8, 4) is 5.75 Å². The molecule has 0 saturated carbocycles. The van der Waals surface area contributed by atoms with Crippen molar-refractivity contribution >= 4 is 0 Å². The molecule has 3 rings (SSSR count). The van der Waals surface area contributed by atoms with Crippen LogP contribution in [0.1, 0.15) is 25.0 Å². The maximum atomic E-state index is 5.29. The summed E-state index contributed by atoms with van der Waals surface area (Å²) in [6.07, 6.45) is 3.35. The molecule has 0 amide bonds. The maximum absolute atomic E-state index is 5.29. The van der Waals surface area contributed by atoms with E-state index in [1.54, 1.807) is 12.7 Å². The second-order valence-electron chi connectivity index (χ2n) is 5.00. The molecule has 0 fully saturated rings. The zero-order chi connectivity index (χ0) is 12.0. The van der Waals surface area contributed by atoms with Gasteiger partial charge >= 0.3 is 0 Å². The van der Waals surface area contributed by atoms with E-state index in [0.29, 0.717) is 5.92 Å². The second-order valence-corrected chi connectivity index (χ2v) is 5.00. The summed E-state index contributed by atoms with van der Waals surface area (Å²) in [6, 6.07) is 4.29. The first-order valence-electron chi connectivity index (χ1n) is 6.19. The first-order valence-corrected chi connectivity index (χ1v) is 6.19. The van der Waals surface area contributed by atoms with Gasteiger partial charge in [-0.2, -0.15) is 4.57 Å². The monoisotopic (exact) mass is 231 g/mol. The summed E-state index contributed by atoms with van der Waals surface area (Å²) in [7, 11) is 3.91. The van der Waals surface area contributed by atoms with Crippen molar-refractivity contribution in [1.29, 1.82) is 0 Å². The van der Waals surface area contributed by atoms with Crippen molar-refractivity contribution in [2.24, 2.45) is 0 Å². The highest BCUT2D eigenvalue weighted by molar-refractivity contribution is 5.31. The van der Waals surface area contributed by atoms with Crippen LogP contribution in [0.4, 0.5) is 0 Å². The predicted molar refractivity (Wildman–Crippen MR) is 65.9 cm³/mol. The van der Waals surface area contributed by atoms with Gasteiger partial charge in [-0.15, -0.1) is 0 Å². The van der Waals surface area contributed by atoms with E-state index in [2.05, 4.69) is 41.8 Å². The standard InChI is InChI=1S/C14H19N2O/c1-10-13-9-16-8-11(17-3)4-5-14(16)12(13)6-7-15(10)2/h4-5,8,12H,6-7,9H2,1-3H3/q+1. The Morgan fingerprint density at radius 2 is 2.24 bits per heavy atom. The van der Waals surface area contributed by atoms with E-state index in [-0.39, 0.29) is 0 Å². The first-order chi connectivity index (χ1) is 8.20. The number of aromatic nitrogens is 1. The quantitative estimate of drug-likeness (QED) is 0.684. The van der Waals surface area contributed by atoms with Crippen molar-refractivity contribution in [3.05, 3.63) is 35.3 Å². The molecular weight excluding hydrogens is 212 g/mol. The van der Waals surface area contributed by atoms with Gasteiger partial charge in [-0.05, 0) is 19.4 Å². The molecule has 1 atom stereocenters. The molecule has 0 aromatic carbocycles. The topological polar surface area (TPSA) is 16.4 Å². The summed E-state index contributed by atoms with van der Waals surface area (Å²) in [5, 5.41) is 0. The van der Waals surface area contributed by atoms with E-state index >= 15 is 0 Å². The highest BCUT2D eigenvalue weighted by Gasteiger charge is 2.39.